The number of amides is 2. The van der Waals surface area contributed by atoms with Crippen molar-refractivity contribution in [1.29, 1.82) is 0 Å². The molecule has 1 aliphatic rings. The summed E-state index contributed by atoms with van der Waals surface area (Å²) < 4.78 is 0. The molecule has 1 heterocycles. The molecule has 2 rings (SSSR count). The Morgan fingerprint density at radius 3 is 2.38 bits per heavy atom. The molecule has 2 amide bonds. The number of benzene rings is 1. The smallest absolute Gasteiger partial charge is 0.224 e. The van der Waals surface area contributed by atoms with E-state index in [4.69, 9.17) is 0 Å². The Labute approximate surface area is 145 Å². The van der Waals surface area contributed by atoms with Gasteiger partial charge in [0.05, 0.1) is 0 Å². The highest BCUT2D eigenvalue weighted by Crippen LogP contribution is 2.22. The molecule has 0 unspecified atom stereocenters. The van der Waals surface area contributed by atoms with Crippen LogP contribution in [0.4, 0.5) is 0 Å². The van der Waals surface area contributed by atoms with Gasteiger partial charge in [-0.1, -0.05) is 37.3 Å². The Balaban J connectivity index is 1.73. The first kappa shape index (κ1) is 18.5. The third-order valence-electron chi connectivity index (χ3n) is 4.87. The fourth-order valence-corrected chi connectivity index (χ4v) is 3.42. The van der Waals surface area contributed by atoms with E-state index in [2.05, 4.69) is 31.2 Å². The van der Waals surface area contributed by atoms with Crippen molar-refractivity contribution in [3.63, 3.8) is 0 Å². The summed E-state index contributed by atoms with van der Waals surface area (Å²) in [6.45, 7) is 6.62. The molecular weight excluding hydrogens is 300 g/mol. The van der Waals surface area contributed by atoms with E-state index < -0.39 is 0 Å². The first-order valence-corrected chi connectivity index (χ1v) is 9.17. The van der Waals surface area contributed by atoms with Gasteiger partial charge in [0.25, 0.3) is 0 Å². The summed E-state index contributed by atoms with van der Waals surface area (Å²) in [6, 6.07) is 10.6. The van der Waals surface area contributed by atoms with Crippen molar-refractivity contribution >= 4 is 11.8 Å². The van der Waals surface area contributed by atoms with Crippen molar-refractivity contribution in [3.8, 4) is 0 Å². The summed E-state index contributed by atoms with van der Waals surface area (Å²) >= 11 is 0. The predicted octanol–water partition coefficient (Wildman–Crippen LogP) is 3.12. The van der Waals surface area contributed by atoms with Crippen LogP contribution < -0.4 is 0 Å². The molecule has 132 valence electrons. The maximum absolute atomic E-state index is 12.4. The Hall–Kier alpha value is -1.84. The SMILES string of the molecule is CCCN(CCC(=O)N1CCC(Cc2ccccc2)CC1)C(C)=O. The fourth-order valence-electron chi connectivity index (χ4n) is 3.42. The number of nitrogens with zero attached hydrogens (tertiary/aromatic N) is 2. The summed E-state index contributed by atoms with van der Waals surface area (Å²) in [5.41, 5.74) is 1.39. The van der Waals surface area contributed by atoms with Crippen LogP contribution in [0.25, 0.3) is 0 Å². The zero-order chi connectivity index (χ0) is 17.4. The summed E-state index contributed by atoms with van der Waals surface area (Å²) in [5, 5.41) is 0. The lowest BCUT2D eigenvalue weighted by Crippen LogP contribution is -2.41. The zero-order valence-corrected chi connectivity index (χ0v) is 15.0. The van der Waals surface area contributed by atoms with Gasteiger partial charge in [0.15, 0.2) is 0 Å². The molecule has 24 heavy (non-hydrogen) atoms. The third kappa shape index (κ3) is 5.66. The summed E-state index contributed by atoms with van der Waals surface area (Å²) in [5.74, 6) is 0.923. The van der Waals surface area contributed by atoms with Crippen LogP contribution in [0.1, 0.15) is 45.1 Å². The molecule has 0 aliphatic carbocycles. The second kappa shape index (κ2) is 9.45. The van der Waals surface area contributed by atoms with Crippen LogP contribution in [-0.2, 0) is 16.0 Å². The van der Waals surface area contributed by atoms with Crippen LogP contribution in [0.2, 0.25) is 0 Å². The lowest BCUT2D eigenvalue weighted by Gasteiger charge is -2.32. The van der Waals surface area contributed by atoms with Gasteiger partial charge in [-0.2, -0.15) is 0 Å². The number of piperidine rings is 1. The van der Waals surface area contributed by atoms with Crippen molar-refractivity contribution in [1.82, 2.24) is 9.80 Å². The van der Waals surface area contributed by atoms with E-state index in [9.17, 15) is 9.59 Å². The molecule has 1 saturated heterocycles. The summed E-state index contributed by atoms with van der Waals surface area (Å²) in [7, 11) is 0. The number of likely N-dealkylation sites (tertiary alicyclic amines) is 1. The molecule has 0 spiro atoms. The van der Waals surface area contributed by atoms with E-state index in [-0.39, 0.29) is 11.8 Å². The lowest BCUT2D eigenvalue weighted by atomic mass is 9.90. The second-order valence-corrected chi connectivity index (χ2v) is 6.77. The molecule has 0 N–H and O–H groups in total. The van der Waals surface area contributed by atoms with Gasteiger partial charge in [0, 0.05) is 39.5 Å². The zero-order valence-electron chi connectivity index (χ0n) is 15.0. The number of carbonyl (C=O) groups is 2. The molecule has 1 aromatic carbocycles. The summed E-state index contributed by atoms with van der Waals surface area (Å²) in [4.78, 5) is 27.7. The molecule has 0 atom stereocenters. The highest BCUT2D eigenvalue weighted by atomic mass is 16.2. The van der Waals surface area contributed by atoms with Gasteiger partial charge in [0.2, 0.25) is 11.8 Å². The van der Waals surface area contributed by atoms with Crippen molar-refractivity contribution in [2.45, 2.75) is 46.0 Å². The molecule has 4 nitrogen and oxygen atoms in total. The number of hydrogen-bond donors (Lipinski definition) is 0. The van der Waals surface area contributed by atoms with Crippen molar-refractivity contribution < 1.29 is 9.59 Å². The van der Waals surface area contributed by atoms with Gasteiger partial charge in [-0.3, -0.25) is 9.59 Å². The number of hydrogen-bond acceptors (Lipinski definition) is 2. The lowest BCUT2D eigenvalue weighted by molar-refractivity contribution is -0.134. The summed E-state index contributed by atoms with van der Waals surface area (Å²) in [6.07, 6.45) is 4.64. The average Bonchev–Trinajstić information content (AvgIpc) is 2.59. The first-order chi connectivity index (χ1) is 11.6. The fraction of sp³-hybridized carbons (Fsp3) is 0.600. The Morgan fingerprint density at radius 1 is 1.12 bits per heavy atom. The van der Waals surface area contributed by atoms with E-state index in [0.29, 0.717) is 18.9 Å². The molecule has 1 aromatic rings. The number of carbonyl (C=O) groups excluding carboxylic acids is 2. The third-order valence-corrected chi connectivity index (χ3v) is 4.87. The minimum absolute atomic E-state index is 0.0613. The van der Waals surface area contributed by atoms with Crippen LogP contribution in [0.15, 0.2) is 30.3 Å². The second-order valence-electron chi connectivity index (χ2n) is 6.77. The molecular formula is C20H30N2O2. The molecule has 1 fully saturated rings. The van der Waals surface area contributed by atoms with E-state index in [0.717, 1.165) is 45.3 Å². The van der Waals surface area contributed by atoms with Crippen molar-refractivity contribution in [3.05, 3.63) is 35.9 Å². The van der Waals surface area contributed by atoms with E-state index in [1.165, 1.54) is 5.56 Å². The van der Waals surface area contributed by atoms with Gasteiger partial charge in [-0.05, 0) is 37.2 Å². The minimum atomic E-state index is 0.0613. The van der Waals surface area contributed by atoms with Gasteiger partial charge < -0.3 is 9.80 Å². The maximum atomic E-state index is 12.4. The average molecular weight is 330 g/mol. The largest absolute Gasteiger partial charge is 0.343 e. The van der Waals surface area contributed by atoms with E-state index in [1.807, 2.05) is 11.0 Å². The van der Waals surface area contributed by atoms with Crippen LogP contribution >= 0.6 is 0 Å². The highest BCUT2D eigenvalue weighted by molar-refractivity contribution is 5.78. The Bertz CT molecular complexity index is 522. The minimum Gasteiger partial charge on any atom is -0.343 e. The number of rotatable bonds is 7. The van der Waals surface area contributed by atoms with Crippen LogP contribution in [0, 0.1) is 5.92 Å². The molecule has 0 saturated carbocycles. The molecule has 4 heteroatoms. The molecule has 0 radical (unpaired) electrons. The van der Waals surface area contributed by atoms with Gasteiger partial charge in [-0.15, -0.1) is 0 Å². The predicted molar refractivity (Wildman–Crippen MR) is 96.6 cm³/mol. The normalized spacial score (nSPS) is 15.3. The van der Waals surface area contributed by atoms with Crippen LogP contribution in [0.3, 0.4) is 0 Å². The molecule has 0 aromatic heterocycles. The maximum Gasteiger partial charge on any atom is 0.224 e. The Morgan fingerprint density at radius 2 is 1.79 bits per heavy atom. The van der Waals surface area contributed by atoms with E-state index in [1.54, 1.807) is 11.8 Å². The van der Waals surface area contributed by atoms with Crippen LogP contribution in [0.5, 0.6) is 0 Å². The topological polar surface area (TPSA) is 40.6 Å². The quantitative estimate of drug-likeness (QED) is 0.771. The van der Waals surface area contributed by atoms with Crippen LogP contribution in [-0.4, -0.2) is 47.8 Å². The highest BCUT2D eigenvalue weighted by Gasteiger charge is 2.23. The first-order valence-electron chi connectivity index (χ1n) is 9.17. The van der Waals surface area contributed by atoms with E-state index >= 15 is 0 Å². The standard InChI is InChI=1S/C20H30N2O2/c1-3-12-21(17(2)23)15-11-20(24)22-13-9-19(10-14-22)16-18-7-5-4-6-8-18/h4-8,19H,3,9-16H2,1-2H3. The molecule has 1 aliphatic heterocycles. The van der Waals surface area contributed by atoms with Crippen molar-refractivity contribution in [2.75, 3.05) is 26.2 Å². The van der Waals surface area contributed by atoms with Crippen molar-refractivity contribution in [2.24, 2.45) is 5.92 Å². The Kier molecular flexibility index (Phi) is 7.29. The molecule has 0 bridgehead atoms. The van der Waals surface area contributed by atoms with Gasteiger partial charge in [-0.25, -0.2) is 0 Å². The monoisotopic (exact) mass is 330 g/mol. The van der Waals surface area contributed by atoms with Gasteiger partial charge in [0.1, 0.15) is 0 Å². The van der Waals surface area contributed by atoms with Gasteiger partial charge >= 0.3 is 0 Å².